The van der Waals surface area contributed by atoms with Gasteiger partial charge in [-0.15, -0.1) is 0 Å². The first kappa shape index (κ1) is 19.5. The van der Waals surface area contributed by atoms with Crippen LogP contribution in [0.4, 0.5) is 10.1 Å². The number of nitrogens with zero attached hydrogens (tertiary/aromatic N) is 3. The van der Waals surface area contributed by atoms with Crippen molar-refractivity contribution in [3.05, 3.63) is 71.1 Å². The van der Waals surface area contributed by atoms with Crippen LogP contribution >= 0.6 is 11.6 Å². The first-order valence-electron chi connectivity index (χ1n) is 9.58. The van der Waals surface area contributed by atoms with Gasteiger partial charge in [-0.1, -0.05) is 16.8 Å². The molecule has 0 atom stereocenters. The molecule has 0 N–H and O–H groups in total. The van der Waals surface area contributed by atoms with Crippen molar-refractivity contribution in [1.82, 2.24) is 10.1 Å². The number of benzene rings is 2. The van der Waals surface area contributed by atoms with Crippen molar-refractivity contribution >= 4 is 23.2 Å². The molecule has 3 aromatic rings. The van der Waals surface area contributed by atoms with E-state index in [0.717, 1.165) is 34.9 Å². The largest absolute Gasteiger partial charge is 0.368 e. The molecule has 1 fully saturated rings. The summed E-state index contributed by atoms with van der Waals surface area (Å²) in [5.74, 6) is 0.403. The molecular weight excluding hydrogens is 393 g/mol. The molecule has 0 spiro atoms. The van der Waals surface area contributed by atoms with E-state index in [2.05, 4.69) is 10.1 Å². The van der Waals surface area contributed by atoms with Crippen LogP contribution in [0.2, 0.25) is 5.02 Å². The fraction of sp³-hybridized carbons (Fsp3) is 0.273. The molecule has 1 saturated heterocycles. The monoisotopic (exact) mass is 413 g/mol. The van der Waals surface area contributed by atoms with Crippen LogP contribution in [0, 0.1) is 5.82 Å². The number of aryl methyl sites for hydroxylation is 1. The van der Waals surface area contributed by atoms with E-state index in [1.54, 1.807) is 18.3 Å². The zero-order valence-electron chi connectivity index (χ0n) is 15.9. The van der Waals surface area contributed by atoms with Gasteiger partial charge in [0.25, 0.3) is 0 Å². The summed E-state index contributed by atoms with van der Waals surface area (Å²) in [6, 6.07) is 13.8. The molecule has 1 aliphatic heterocycles. The minimum atomic E-state index is -0.303. The predicted molar refractivity (Wildman–Crippen MR) is 110 cm³/mol. The summed E-state index contributed by atoms with van der Waals surface area (Å²) in [4.78, 5) is 16.8. The number of piperazine rings is 1. The maximum atomic E-state index is 13.1. The predicted octanol–water partition coefficient (Wildman–Crippen LogP) is 4.42. The number of carbonyl (C=O) groups excluding carboxylic acids is 1. The van der Waals surface area contributed by atoms with E-state index < -0.39 is 0 Å². The average Bonchev–Trinajstić information content (AvgIpc) is 3.22. The van der Waals surface area contributed by atoms with Gasteiger partial charge in [-0.05, 0) is 55.0 Å². The Morgan fingerprint density at radius 2 is 1.72 bits per heavy atom. The second-order valence-corrected chi connectivity index (χ2v) is 7.47. The maximum Gasteiger partial charge on any atom is 0.223 e. The third-order valence-electron chi connectivity index (χ3n) is 5.18. The minimum absolute atomic E-state index is 0.118. The Balaban J connectivity index is 1.32. The lowest BCUT2D eigenvalue weighted by Gasteiger charge is -2.36. The van der Waals surface area contributed by atoms with Gasteiger partial charge in [0.1, 0.15) is 5.82 Å². The van der Waals surface area contributed by atoms with Crippen LogP contribution in [0.5, 0.6) is 0 Å². The lowest BCUT2D eigenvalue weighted by molar-refractivity contribution is -0.131. The molecule has 5 nitrogen and oxygen atoms in total. The Morgan fingerprint density at radius 1 is 1.03 bits per heavy atom. The molecule has 2 heterocycles. The van der Waals surface area contributed by atoms with Crippen molar-refractivity contribution in [3.8, 4) is 11.3 Å². The molecule has 0 bridgehead atoms. The molecule has 0 unspecified atom stereocenters. The molecule has 1 amide bonds. The van der Waals surface area contributed by atoms with Crippen LogP contribution in [-0.4, -0.2) is 42.1 Å². The molecule has 0 radical (unpaired) electrons. The van der Waals surface area contributed by atoms with E-state index in [9.17, 15) is 9.18 Å². The number of aromatic nitrogens is 1. The van der Waals surface area contributed by atoms with Crippen LogP contribution in [-0.2, 0) is 11.2 Å². The van der Waals surface area contributed by atoms with Crippen LogP contribution in [0.15, 0.2) is 59.3 Å². The zero-order chi connectivity index (χ0) is 20.2. The van der Waals surface area contributed by atoms with Gasteiger partial charge < -0.3 is 14.3 Å². The molecule has 1 aliphatic rings. The maximum absolute atomic E-state index is 13.1. The van der Waals surface area contributed by atoms with Gasteiger partial charge in [0, 0.05) is 54.4 Å². The number of amides is 1. The topological polar surface area (TPSA) is 49.6 Å². The highest BCUT2D eigenvalue weighted by Gasteiger charge is 2.22. The number of hydrogen-bond donors (Lipinski definition) is 0. The number of carbonyl (C=O) groups is 1. The Hall–Kier alpha value is -2.86. The highest BCUT2D eigenvalue weighted by molar-refractivity contribution is 6.30. The first-order valence-corrected chi connectivity index (χ1v) is 9.96. The summed E-state index contributed by atoms with van der Waals surface area (Å²) in [6.45, 7) is 2.97. The lowest BCUT2D eigenvalue weighted by Crippen LogP contribution is -2.48. The smallest absolute Gasteiger partial charge is 0.223 e. The summed E-state index contributed by atoms with van der Waals surface area (Å²) < 4.78 is 18.5. The number of hydrogen-bond acceptors (Lipinski definition) is 4. The summed E-state index contributed by atoms with van der Waals surface area (Å²) in [5, 5.41) is 4.57. The number of halogens is 2. The number of anilines is 1. The molecule has 1 aromatic heterocycles. The second-order valence-electron chi connectivity index (χ2n) is 7.03. The Bertz CT molecular complexity index is 964. The Kier molecular flexibility index (Phi) is 5.81. The molecule has 0 aliphatic carbocycles. The van der Waals surface area contributed by atoms with Gasteiger partial charge in [0.15, 0.2) is 5.76 Å². The van der Waals surface area contributed by atoms with Crippen molar-refractivity contribution in [2.24, 2.45) is 0 Å². The molecule has 0 saturated carbocycles. The fourth-order valence-electron chi connectivity index (χ4n) is 3.54. The molecular formula is C22H21ClFN3O2. The van der Waals surface area contributed by atoms with Crippen LogP contribution in [0.3, 0.4) is 0 Å². The van der Waals surface area contributed by atoms with Gasteiger partial charge in [-0.25, -0.2) is 4.39 Å². The fourth-order valence-corrected chi connectivity index (χ4v) is 3.67. The van der Waals surface area contributed by atoms with Crippen molar-refractivity contribution < 1.29 is 13.7 Å². The van der Waals surface area contributed by atoms with Crippen LogP contribution in [0.1, 0.15) is 12.0 Å². The van der Waals surface area contributed by atoms with E-state index >= 15 is 0 Å². The van der Waals surface area contributed by atoms with E-state index in [1.165, 1.54) is 12.1 Å². The highest BCUT2D eigenvalue weighted by atomic mass is 35.5. The number of rotatable bonds is 5. The highest BCUT2D eigenvalue weighted by Crippen LogP contribution is 2.25. The van der Waals surface area contributed by atoms with Gasteiger partial charge in [-0.3, -0.25) is 4.79 Å². The average molecular weight is 414 g/mol. The molecule has 7 heteroatoms. The molecule has 4 rings (SSSR count). The van der Waals surface area contributed by atoms with E-state index in [-0.39, 0.29) is 11.7 Å². The third kappa shape index (κ3) is 4.59. The normalized spacial score (nSPS) is 14.3. The first-order chi connectivity index (χ1) is 14.1. The Morgan fingerprint density at radius 3 is 2.41 bits per heavy atom. The summed E-state index contributed by atoms with van der Waals surface area (Å²) in [7, 11) is 0. The van der Waals surface area contributed by atoms with Gasteiger partial charge in [0.05, 0.1) is 6.20 Å². The third-order valence-corrected chi connectivity index (χ3v) is 5.43. The van der Waals surface area contributed by atoms with Crippen molar-refractivity contribution in [2.45, 2.75) is 12.8 Å². The van der Waals surface area contributed by atoms with Crippen LogP contribution in [0.25, 0.3) is 11.3 Å². The van der Waals surface area contributed by atoms with E-state index in [4.69, 9.17) is 16.1 Å². The summed E-state index contributed by atoms with van der Waals surface area (Å²) in [6.07, 6.45) is 2.55. The van der Waals surface area contributed by atoms with E-state index in [1.807, 2.05) is 29.2 Å². The minimum Gasteiger partial charge on any atom is -0.368 e. The van der Waals surface area contributed by atoms with Gasteiger partial charge in [-0.2, -0.15) is 0 Å². The second kappa shape index (κ2) is 8.66. The van der Waals surface area contributed by atoms with Crippen LogP contribution < -0.4 is 4.90 Å². The standard InChI is InChI=1S/C22H21ClFN3O2/c23-18-4-8-20(9-5-18)26-11-13-27(14-12-26)21(28)10-3-17-15-25-29-22(17)16-1-6-19(24)7-2-16/h1-2,4-9,15H,3,10-14H2. The summed E-state index contributed by atoms with van der Waals surface area (Å²) in [5.41, 5.74) is 2.72. The Labute approximate surface area is 173 Å². The summed E-state index contributed by atoms with van der Waals surface area (Å²) >= 11 is 5.95. The van der Waals surface area contributed by atoms with Crippen molar-refractivity contribution in [1.29, 1.82) is 0 Å². The molecule has 29 heavy (non-hydrogen) atoms. The molecule has 2 aromatic carbocycles. The lowest BCUT2D eigenvalue weighted by atomic mass is 10.0. The van der Waals surface area contributed by atoms with Gasteiger partial charge >= 0.3 is 0 Å². The van der Waals surface area contributed by atoms with E-state index in [0.29, 0.717) is 31.7 Å². The molecule has 150 valence electrons. The quantitative estimate of drug-likeness (QED) is 0.621. The van der Waals surface area contributed by atoms with Gasteiger partial charge in [0.2, 0.25) is 5.91 Å². The zero-order valence-corrected chi connectivity index (χ0v) is 16.6. The SMILES string of the molecule is O=C(CCc1cnoc1-c1ccc(F)cc1)N1CCN(c2ccc(Cl)cc2)CC1. The van der Waals surface area contributed by atoms with Crippen molar-refractivity contribution in [2.75, 3.05) is 31.1 Å². The van der Waals surface area contributed by atoms with Crippen molar-refractivity contribution in [3.63, 3.8) is 0 Å².